The first-order valence-electron chi connectivity index (χ1n) is 8.56. The fourth-order valence-corrected chi connectivity index (χ4v) is 4.68. The summed E-state index contributed by atoms with van der Waals surface area (Å²) in [4.78, 5) is 4.98. The minimum atomic E-state index is 0.416. The van der Waals surface area contributed by atoms with Crippen LogP contribution in [0, 0.1) is 17.8 Å². The molecule has 2 saturated carbocycles. The number of piperazine rings is 1. The number of hydrogen-bond donors (Lipinski definition) is 1. The highest BCUT2D eigenvalue weighted by Crippen LogP contribution is 2.50. The number of fused-ring (bicyclic) bond motifs is 1. The third kappa shape index (κ3) is 2.52. The highest BCUT2D eigenvalue weighted by molar-refractivity contribution is 5.57. The van der Waals surface area contributed by atoms with Gasteiger partial charge in [0.1, 0.15) is 5.75 Å². The van der Waals surface area contributed by atoms with Gasteiger partial charge < -0.3 is 10.0 Å². The topological polar surface area (TPSA) is 26.7 Å². The summed E-state index contributed by atoms with van der Waals surface area (Å²) >= 11 is 0. The van der Waals surface area contributed by atoms with Crippen molar-refractivity contribution in [3.63, 3.8) is 0 Å². The lowest BCUT2D eigenvalue weighted by atomic mass is 9.72. The zero-order valence-corrected chi connectivity index (χ0v) is 12.7. The first-order chi connectivity index (χ1) is 10.3. The fourth-order valence-electron chi connectivity index (χ4n) is 4.68. The predicted octanol–water partition coefficient (Wildman–Crippen LogP) is 2.95. The second-order valence-corrected chi connectivity index (χ2v) is 7.12. The van der Waals surface area contributed by atoms with Crippen molar-refractivity contribution in [3.8, 4) is 5.75 Å². The van der Waals surface area contributed by atoms with Crippen molar-refractivity contribution < 1.29 is 5.11 Å². The Kier molecular flexibility index (Phi) is 3.54. The Morgan fingerprint density at radius 3 is 2.38 bits per heavy atom. The van der Waals surface area contributed by atoms with Crippen molar-refractivity contribution in [2.24, 2.45) is 17.8 Å². The van der Waals surface area contributed by atoms with Crippen LogP contribution in [0.4, 0.5) is 5.69 Å². The van der Waals surface area contributed by atoms with Gasteiger partial charge in [-0.25, -0.2) is 0 Å². The van der Waals surface area contributed by atoms with E-state index in [0.29, 0.717) is 5.75 Å². The van der Waals surface area contributed by atoms with Gasteiger partial charge in [-0.15, -0.1) is 0 Å². The molecule has 3 atom stereocenters. The number of rotatable bonds is 3. The van der Waals surface area contributed by atoms with Crippen LogP contribution in [-0.2, 0) is 0 Å². The summed E-state index contributed by atoms with van der Waals surface area (Å²) in [6, 6.07) is 7.72. The van der Waals surface area contributed by atoms with Crippen LogP contribution in [0.1, 0.15) is 25.7 Å². The van der Waals surface area contributed by atoms with E-state index in [1.54, 1.807) is 6.07 Å². The van der Waals surface area contributed by atoms with Crippen LogP contribution < -0.4 is 4.90 Å². The zero-order chi connectivity index (χ0) is 14.2. The SMILES string of the molecule is Oc1ccccc1N1CCN(C[C@@H]2CC[C@@H]3CC[C@H]32)CC1. The highest BCUT2D eigenvalue weighted by atomic mass is 16.3. The average molecular weight is 286 g/mol. The molecule has 0 radical (unpaired) electrons. The van der Waals surface area contributed by atoms with E-state index in [2.05, 4.69) is 9.80 Å². The van der Waals surface area contributed by atoms with E-state index in [4.69, 9.17) is 0 Å². The van der Waals surface area contributed by atoms with Gasteiger partial charge in [-0.2, -0.15) is 0 Å². The van der Waals surface area contributed by atoms with Crippen molar-refractivity contribution >= 4 is 5.69 Å². The molecule has 1 aliphatic heterocycles. The van der Waals surface area contributed by atoms with Gasteiger partial charge in [-0.3, -0.25) is 4.90 Å². The number of nitrogens with zero attached hydrogens (tertiary/aromatic N) is 2. The summed E-state index contributed by atoms with van der Waals surface area (Å²) < 4.78 is 0. The number of benzene rings is 1. The zero-order valence-electron chi connectivity index (χ0n) is 12.7. The first-order valence-corrected chi connectivity index (χ1v) is 8.56. The summed E-state index contributed by atoms with van der Waals surface area (Å²) in [6.07, 6.45) is 5.96. The number of hydrogen-bond acceptors (Lipinski definition) is 3. The standard InChI is InChI=1S/C18H26N2O/c21-18-4-2-1-3-17(18)20-11-9-19(10-12-20)13-15-6-5-14-7-8-16(14)15/h1-4,14-16,21H,5-13H2/t14-,15+,16-/m1/s1. The van der Waals surface area contributed by atoms with Crippen LogP contribution in [0.15, 0.2) is 24.3 Å². The Balaban J connectivity index is 1.32. The van der Waals surface area contributed by atoms with Gasteiger partial charge >= 0.3 is 0 Å². The van der Waals surface area contributed by atoms with Crippen molar-refractivity contribution in [2.45, 2.75) is 25.7 Å². The van der Waals surface area contributed by atoms with E-state index in [9.17, 15) is 5.11 Å². The molecule has 0 aromatic heterocycles. The molecule has 3 heteroatoms. The quantitative estimate of drug-likeness (QED) is 0.925. The third-order valence-corrected chi connectivity index (χ3v) is 6.08. The van der Waals surface area contributed by atoms with Gasteiger partial charge in [0.2, 0.25) is 0 Å². The van der Waals surface area contributed by atoms with Crippen molar-refractivity contribution in [1.82, 2.24) is 4.90 Å². The molecule has 1 heterocycles. The molecule has 1 saturated heterocycles. The Morgan fingerprint density at radius 1 is 0.952 bits per heavy atom. The average Bonchev–Trinajstić information content (AvgIpc) is 2.74. The largest absolute Gasteiger partial charge is 0.506 e. The number of aromatic hydroxyl groups is 1. The number of anilines is 1. The summed E-state index contributed by atoms with van der Waals surface area (Å²) in [5.41, 5.74) is 0.997. The van der Waals surface area contributed by atoms with Crippen LogP contribution in [-0.4, -0.2) is 42.7 Å². The molecule has 1 aromatic carbocycles. The van der Waals surface area contributed by atoms with E-state index in [1.165, 1.54) is 32.2 Å². The van der Waals surface area contributed by atoms with Crippen LogP contribution in [0.25, 0.3) is 0 Å². The lowest BCUT2D eigenvalue weighted by molar-refractivity contribution is 0.128. The van der Waals surface area contributed by atoms with Gasteiger partial charge in [0.05, 0.1) is 5.69 Å². The van der Waals surface area contributed by atoms with E-state index in [0.717, 1.165) is 49.6 Å². The Hall–Kier alpha value is -1.22. The van der Waals surface area contributed by atoms with Crippen molar-refractivity contribution in [2.75, 3.05) is 37.6 Å². The second-order valence-electron chi connectivity index (χ2n) is 7.12. The number of phenolic OH excluding ortho intramolecular Hbond substituents is 1. The smallest absolute Gasteiger partial charge is 0.138 e. The molecule has 4 rings (SSSR count). The number of para-hydroxylation sites is 2. The lowest BCUT2D eigenvalue weighted by Gasteiger charge is -2.40. The molecular formula is C18H26N2O. The summed E-state index contributed by atoms with van der Waals surface area (Å²) in [5.74, 6) is 3.53. The van der Waals surface area contributed by atoms with Crippen LogP contribution in [0.5, 0.6) is 5.75 Å². The van der Waals surface area contributed by atoms with Gasteiger partial charge in [-0.1, -0.05) is 12.1 Å². The van der Waals surface area contributed by atoms with Crippen molar-refractivity contribution in [1.29, 1.82) is 0 Å². The van der Waals surface area contributed by atoms with Gasteiger partial charge in [0, 0.05) is 32.7 Å². The monoisotopic (exact) mass is 286 g/mol. The van der Waals surface area contributed by atoms with Gasteiger partial charge in [0.15, 0.2) is 0 Å². The summed E-state index contributed by atoms with van der Waals surface area (Å²) in [5, 5.41) is 9.97. The molecule has 3 fully saturated rings. The summed E-state index contributed by atoms with van der Waals surface area (Å²) in [6.45, 7) is 5.68. The maximum atomic E-state index is 9.97. The normalized spacial score (nSPS) is 32.8. The van der Waals surface area contributed by atoms with Crippen LogP contribution in [0.2, 0.25) is 0 Å². The van der Waals surface area contributed by atoms with E-state index >= 15 is 0 Å². The van der Waals surface area contributed by atoms with Crippen molar-refractivity contribution in [3.05, 3.63) is 24.3 Å². The van der Waals surface area contributed by atoms with E-state index < -0.39 is 0 Å². The molecule has 3 nitrogen and oxygen atoms in total. The molecule has 1 N–H and O–H groups in total. The molecular weight excluding hydrogens is 260 g/mol. The second kappa shape index (κ2) is 5.53. The maximum Gasteiger partial charge on any atom is 0.138 e. The molecule has 3 aliphatic rings. The molecule has 114 valence electrons. The molecule has 1 aromatic rings. The van der Waals surface area contributed by atoms with Crippen LogP contribution >= 0.6 is 0 Å². The fraction of sp³-hybridized carbons (Fsp3) is 0.667. The Morgan fingerprint density at radius 2 is 1.71 bits per heavy atom. The molecule has 21 heavy (non-hydrogen) atoms. The van der Waals surface area contributed by atoms with E-state index in [-0.39, 0.29) is 0 Å². The highest BCUT2D eigenvalue weighted by Gasteiger charge is 2.42. The third-order valence-electron chi connectivity index (χ3n) is 6.08. The number of phenols is 1. The molecule has 0 bridgehead atoms. The summed E-state index contributed by atoms with van der Waals surface area (Å²) in [7, 11) is 0. The maximum absolute atomic E-state index is 9.97. The molecule has 0 spiro atoms. The Bertz CT molecular complexity index is 496. The predicted molar refractivity (Wildman–Crippen MR) is 85.7 cm³/mol. The minimum absolute atomic E-state index is 0.416. The minimum Gasteiger partial charge on any atom is -0.506 e. The van der Waals surface area contributed by atoms with Gasteiger partial charge in [-0.05, 0) is 55.6 Å². The first kappa shape index (κ1) is 13.4. The van der Waals surface area contributed by atoms with E-state index in [1.807, 2.05) is 18.2 Å². The van der Waals surface area contributed by atoms with Gasteiger partial charge in [0.25, 0.3) is 0 Å². The van der Waals surface area contributed by atoms with Crippen LogP contribution in [0.3, 0.4) is 0 Å². The molecule has 0 amide bonds. The molecule has 0 unspecified atom stereocenters. The molecule has 2 aliphatic carbocycles. The Labute approximate surface area is 127 Å². The lowest BCUT2D eigenvalue weighted by Crippen LogP contribution is -2.48.